The lowest BCUT2D eigenvalue weighted by Crippen LogP contribution is -2.30. The molecule has 1 atom stereocenters. The molecule has 8 heteroatoms. The molecule has 2 heterocycles. The molecule has 7 nitrogen and oxygen atoms in total. The minimum atomic E-state index is -0.479. The highest BCUT2D eigenvalue weighted by Gasteiger charge is 2.19. The number of carbonyl (C=O) groups excluding carboxylic acids is 1. The van der Waals surface area contributed by atoms with E-state index in [0.29, 0.717) is 23.4 Å². The highest BCUT2D eigenvalue weighted by Crippen LogP contribution is 2.22. The maximum Gasteiger partial charge on any atom is 0.216 e. The predicted octanol–water partition coefficient (Wildman–Crippen LogP) is 1.26. The second-order valence-corrected chi connectivity index (χ2v) is 5.23. The van der Waals surface area contributed by atoms with Gasteiger partial charge in [0.15, 0.2) is 0 Å². The van der Waals surface area contributed by atoms with E-state index >= 15 is 0 Å². The zero-order valence-corrected chi connectivity index (χ0v) is 12.8. The molecule has 1 aromatic heterocycles. The van der Waals surface area contributed by atoms with Crippen LogP contribution in [-0.4, -0.2) is 28.3 Å². The summed E-state index contributed by atoms with van der Waals surface area (Å²) in [6.45, 7) is 1.75. The van der Waals surface area contributed by atoms with Gasteiger partial charge >= 0.3 is 0 Å². The molecule has 1 aliphatic rings. The molecule has 1 aliphatic heterocycles. The smallest absolute Gasteiger partial charge is 0.216 e. The molecule has 2 aromatic rings. The highest BCUT2D eigenvalue weighted by molar-refractivity contribution is 5.73. The third-order valence-corrected chi connectivity index (χ3v) is 3.44. The van der Waals surface area contributed by atoms with Gasteiger partial charge in [0.05, 0.1) is 24.0 Å². The number of amides is 1. The number of hydrogen-bond donors (Lipinski definition) is 2. The number of nitrogens with zero attached hydrogens (tertiary/aromatic N) is 3. The second-order valence-electron chi connectivity index (χ2n) is 5.23. The number of carbonyl (C=O) groups is 1. The fraction of sp³-hybridized carbons (Fsp3) is 0.188. The van der Waals surface area contributed by atoms with Crippen LogP contribution in [0.5, 0.6) is 0 Å². The van der Waals surface area contributed by atoms with Crippen LogP contribution in [0, 0.1) is 17.1 Å². The number of hydrogen-bond acceptors (Lipinski definition) is 5. The van der Waals surface area contributed by atoms with Crippen molar-refractivity contribution < 1.29 is 14.0 Å². The summed E-state index contributed by atoms with van der Waals surface area (Å²) in [4.78, 5) is 16.2. The lowest BCUT2D eigenvalue weighted by molar-refractivity contribution is -0.119. The Hall–Kier alpha value is -3.18. The maximum absolute atomic E-state index is 14.4. The van der Waals surface area contributed by atoms with Crippen molar-refractivity contribution in [1.29, 1.82) is 5.26 Å². The third kappa shape index (κ3) is 3.26. The molecule has 0 saturated heterocycles. The molecule has 0 fully saturated rings. The van der Waals surface area contributed by atoms with E-state index in [2.05, 4.69) is 15.9 Å². The minimum Gasteiger partial charge on any atom is -0.353 e. The molecule has 1 aromatic carbocycles. The first kappa shape index (κ1) is 15.7. The van der Waals surface area contributed by atoms with Crippen LogP contribution in [0.25, 0.3) is 11.4 Å². The lowest BCUT2D eigenvalue weighted by Gasteiger charge is -2.08. The predicted molar refractivity (Wildman–Crippen MR) is 82.9 cm³/mol. The van der Waals surface area contributed by atoms with Crippen LogP contribution in [0.15, 0.2) is 36.7 Å². The zero-order valence-electron chi connectivity index (χ0n) is 12.8. The Morgan fingerprint density at radius 2 is 2.42 bits per heavy atom. The van der Waals surface area contributed by atoms with Crippen molar-refractivity contribution >= 4 is 11.6 Å². The quantitative estimate of drug-likeness (QED) is 0.882. The molecule has 0 spiro atoms. The van der Waals surface area contributed by atoms with Gasteiger partial charge in [-0.25, -0.2) is 9.07 Å². The standard InChI is InChI=1S/C16H14FN5O2/c1-10(23)19-8-13-5-15(21-24-13)12-2-3-16(14(17)4-12)22-9-11(6-18)7-20-22/h2-5,7,9,13,21H,8H2,1H3,(H,19,23). The van der Waals surface area contributed by atoms with Gasteiger partial charge in [-0.15, -0.1) is 0 Å². The van der Waals surface area contributed by atoms with Crippen molar-refractivity contribution in [1.82, 2.24) is 20.6 Å². The van der Waals surface area contributed by atoms with Crippen molar-refractivity contribution in [2.45, 2.75) is 13.0 Å². The van der Waals surface area contributed by atoms with Crippen LogP contribution >= 0.6 is 0 Å². The maximum atomic E-state index is 14.4. The third-order valence-electron chi connectivity index (χ3n) is 3.44. The van der Waals surface area contributed by atoms with Crippen molar-refractivity contribution in [3.63, 3.8) is 0 Å². The molecule has 122 valence electrons. The average Bonchev–Trinajstić information content (AvgIpc) is 3.22. The van der Waals surface area contributed by atoms with Gasteiger partial charge in [-0.1, -0.05) is 6.07 Å². The van der Waals surface area contributed by atoms with Gasteiger partial charge in [0, 0.05) is 18.7 Å². The van der Waals surface area contributed by atoms with E-state index in [1.807, 2.05) is 6.07 Å². The largest absolute Gasteiger partial charge is 0.353 e. The Kier molecular flexibility index (Phi) is 4.26. The molecule has 24 heavy (non-hydrogen) atoms. The number of rotatable bonds is 4. The van der Waals surface area contributed by atoms with Crippen LogP contribution in [-0.2, 0) is 9.63 Å². The van der Waals surface area contributed by atoms with Crippen LogP contribution in [0.2, 0.25) is 0 Å². The van der Waals surface area contributed by atoms with E-state index in [1.165, 1.54) is 30.1 Å². The number of nitrogens with one attached hydrogen (secondary N) is 2. The van der Waals surface area contributed by atoms with Gasteiger partial charge in [0.2, 0.25) is 5.91 Å². The second kappa shape index (κ2) is 6.52. The van der Waals surface area contributed by atoms with Crippen LogP contribution in [0.4, 0.5) is 4.39 Å². The molecule has 2 N–H and O–H groups in total. The summed E-state index contributed by atoms with van der Waals surface area (Å²) in [7, 11) is 0. The monoisotopic (exact) mass is 327 g/mol. The number of halogens is 1. The Balaban J connectivity index is 1.79. The first-order valence-electron chi connectivity index (χ1n) is 7.20. The molecule has 0 bridgehead atoms. The number of hydroxylamine groups is 1. The SMILES string of the molecule is CC(=O)NCC1C=C(c2ccc(-n3cc(C#N)cn3)c(F)c2)NO1. The van der Waals surface area contributed by atoms with Gasteiger partial charge in [-0.3, -0.25) is 15.1 Å². The van der Waals surface area contributed by atoms with Gasteiger partial charge < -0.3 is 5.32 Å². The topological polar surface area (TPSA) is 92.0 Å². The van der Waals surface area contributed by atoms with E-state index in [9.17, 15) is 9.18 Å². The van der Waals surface area contributed by atoms with E-state index in [1.54, 1.807) is 18.2 Å². The van der Waals surface area contributed by atoms with Gasteiger partial charge in [0.25, 0.3) is 0 Å². The molecular weight excluding hydrogens is 313 g/mol. The summed E-state index contributed by atoms with van der Waals surface area (Å²) in [5, 5.41) is 15.4. The molecule has 1 unspecified atom stereocenters. The Labute approximate surface area is 137 Å². The van der Waals surface area contributed by atoms with Crippen molar-refractivity contribution in [2.24, 2.45) is 0 Å². The first-order chi connectivity index (χ1) is 11.6. The van der Waals surface area contributed by atoms with Crippen LogP contribution in [0.1, 0.15) is 18.1 Å². The van der Waals surface area contributed by atoms with Gasteiger partial charge in [0.1, 0.15) is 23.7 Å². The molecule has 0 radical (unpaired) electrons. The van der Waals surface area contributed by atoms with Gasteiger partial charge in [-0.05, 0) is 18.2 Å². The van der Waals surface area contributed by atoms with Crippen molar-refractivity contribution in [3.8, 4) is 11.8 Å². The molecule has 1 amide bonds. The minimum absolute atomic E-state index is 0.146. The fourth-order valence-electron chi connectivity index (χ4n) is 2.27. The molecule has 3 rings (SSSR count). The summed E-state index contributed by atoms with van der Waals surface area (Å²) in [6.07, 6.45) is 4.27. The summed E-state index contributed by atoms with van der Waals surface area (Å²) in [5.74, 6) is -0.625. The highest BCUT2D eigenvalue weighted by atomic mass is 19.1. The lowest BCUT2D eigenvalue weighted by atomic mass is 10.1. The van der Waals surface area contributed by atoms with Crippen molar-refractivity contribution in [2.75, 3.05) is 6.54 Å². The van der Waals surface area contributed by atoms with Gasteiger partial charge in [-0.2, -0.15) is 10.4 Å². The zero-order chi connectivity index (χ0) is 17.1. The van der Waals surface area contributed by atoms with Crippen LogP contribution < -0.4 is 10.8 Å². The summed E-state index contributed by atoms with van der Waals surface area (Å²) in [6, 6.07) is 6.59. The number of nitriles is 1. The summed E-state index contributed by atoms with van der Waals surface area (Å²) in [5.41, 5.74) is 4.55. The Bertz CT molecular complexity index is 852. The Morgan fingerprint density at radius 1 is 1.58 bits per heavy atom. The van der Waals surface area contributed by atoms with E-state index in [4.69, 9.17) is 10.1 Å². The van der Waals surface area contributed by atoms with E-state index < -0.39 is 5.82 Å². The van der Waals surface area contributed by atoms with Crippen LogP contribution in [0.3, 0.4) is 0 Å². The summed E-state index contributed by atoms with van der Waals surface area (Å²) < 4.78 is 15.7. The average molecular weight is 327 g/mol. The molecule has 0 saturated carbocycles. The van der Waals surface area contributed by atoms with Crippen molar-refractivity contribution in [3.05, 3.63) is 53.6 Å². The normalized spacial score (nSPS) is 16.2. The summed E-state index contributed by atoms with van der Waals surface area (Å²) >= 11 is 0. The van der Waals surface area contributed by atoms with E-state index in [-0.39, 0.29) is 17.7 Å². The molecular formula is C16H14FN5O2. The number of benzene rings is 1. The first-order valence-corrected chi connectivity index (χ1v) is 7.20. The Morgan fingerprint density at radius 3 is 3.08 bits per heavy atom. The number of aromatic nitrogens is 2. The van der Waals surface area contributed by atoms with E-state index in [0.717, 1.165) is 0 Å². The fourth-order valence-corrected chi connectivity index (χ4v) is 2.27. The molecule has 0 aliphatic carbocycles.